The third-order valence-corrected chi connectivity index (χ3v) is 2.04. The highest BCUT2D eigenvalue weighted by molar-refractivity contribution is 5.31. The van der Waals surface area contributed by atoms with Gasteiger partial charge in [0.15, 0.2) is 0 Å². The molecule has 0 spiro atoms. The van der Waals surface area contributed by atoms with Crippen LogP contribution in [0, 0.1) is 10.1 Å². The summed E-state index contributed by atoms with van der Waals surface area (Å²) < 4.78 is 0. The van der Waals surface area contributed by atoms with Crippen molar-refractivity contribution in [3.05, 3.63) is 38.3 Å². The highest BCUT2D eigenvalue weighted by Crippen LogP contribution is 2.13. The monoisotopic (exact) mass is 197 g/mol. The van der Waals surface area contributed by atoms with Gasteiger partial charge in [-0.25, -0.2) is 0 Å². The van der Waals surface area contributed by atoms with Crippen molar-refractivity contribution in [3.63, 3.8) is 0 Å². The van der Waals surface area contributed by atoms with Crippen LogP contribution in [0.4, 0.5) is 5.69 Å². The molecule has 0 radical (unpaired) electrons. The van der Waals surface area contributed by atoms with E-state index in [2.05, 4.69) is 10.3 Å². The van der Waals surface area contributed by atoms with E-state index in [1.807, 2.05) is 6.92 Å². The Hall–Kier alpha value is -1.69. The van der Waals surface area contributed by atoms with Crippen molar-refractivity contribution >= 4 is 5.69 Å². The van der Waals surface area contributed by atoms with Crippen molar-refractivity contribution in [3.8, 4) is 0 Å². The first-order chi connectivity index (χ1) is 6.56. The van der Waals surface area contributed by atoms with Crippen LogP contribution in [0.3, 0.4) is 0 Å². The van der Waals surface area contributed by atoms with Gasteiger partial charge in [-0.3, -0.25) is 14.9 Å². The topological polar surface area (TPSA) is 88.0 Å². The van der Waals surface area contributed by atoms with Crippen molar-refractivity contribution in [2.75, 3.05) is 7.05 Å². The molecule has 0 aliphatic carbocycles. The number of nitrogens with zero attached hydrogens (tertiary/aromatic N) is 1. The maximum absolute atomic E-state index is 11.0. The van der Waals surface area contributed by atoms with E-state index in [1.165, 1.54) is 12.3 Å². The Bertz CT molecular complexity index is 399. The van der Waals surface area contributed by atoms with E-state index < -0.39 is 16.2 Å². The van der Waals surface area contributed by atoms with Crippen molar-refractivity contribution in [2.45, 2.75) is 13.0 Å². The molecule has 0 saturated carbocycles. The van der Waals surface area contributed by atoms with Crippen LogP contribution in [0.25, 0.3) is 0 Å². The summed E-state index contributed by atoms with van der Waals surface area (Å²) in [6, 6.07) is 1.24. The number of nitro groups is 1. The van der Waals surface area contributed by atoms with Gasteiger partial charge in [0.25, 0.3) is 0 Å². The minimum Gasteiger partial charge on any atom is -0.323 e. The zero-order valence-electron chi connectivity index (χ0n) is 7.90. The van der Waals surface area contributed by atoms with Gasteiger partial charge in [-0.1, -0.05) is 0 Å². The lowest BCUT2D eigenvalue weighted by atomic mass is 10.1. The van der Waals surface area contributed by atoms with Gasteiger partial charge >= 0.3 is 11.2 Å². The fourth-order valence-corrected chi connectivity index (χ4v) is 1.04. The second-order valence-electron chi connectivity index (χ2n) is 2.91. The van der Waals surface area contributed by atoms with Crippen LogP contribution in [0.15, 0.2) is 17.1 Å². The molecule has 0 bridgehead atoms. The molecule has 6 heteroatoms. The maximum atomic E-state index is 11.0. The number of rotatable bonds is 3. The van der Waals surface area contributed by atoms with Gasteiger partial charge in [0, 0.05) is 18.3 Å². The number of aromatic amines is 1. The molecular formula is C8H11N3O3. The number of hydrogen-bond donors (Lipinski definition) is 2. The zero-order chi connectivity index (χ0) is 10.7. The van der Waals surface area contributed by atoms with Crippen molar-refractivity contribution in [2.24, 2.45) is 0 Å². The van der Waals surface area contributed by atoms with Gasteiger partial charge in [0.1, 0.15) is 0 Å². The quantitative estimate of drug-likeness (QED) is 0.547. The molecule has 0 unspecified atom stereocenters. The summed E-state index contributed by atoms with van der Waals surface area (Å²) >= 11 is 0. The van der Waals surface area contributed by atoms with Gasteiger partial charge in [-0.15, -0.1) is 0 Å². The van der Waals surface area contributed by atoms with E-state index in [0.717, 1.165) is 0 Å². The van der Waals surface area contributed by atoms with Crippen LogP contribution >= 0.6 is 0 Å². The van der Waals surface area contributed by atoms with E-state index in [1.54, 1.807) is 7.05 Å². The van der Waals surface area contributed by atoms with Crippen LogP contribution in [0.1, 0.15) is 18.5 Å². The molecule has 1 atom stereocenters. The Balaban J connectivity index is 3.19. The van der Waals surface area contributed by atoms with Crippen molar-refractivity contribution in [1.29, 1.82) is 0 Å². The molecule has 1 aromatic heterocycles. The molecule has 0 fully saturated rings. The van der Waals surface area contributed by atoms with Crippen LogP contribution in [0.2, 0.25) is 0 Å². The van der Waals surface area contributed by atoms with Gasteiger partial charge in [-0.2, -0.15) is 0 Å². The minimum atomic E-state index is -0.690. The number of aromatic nitrogens is 1. The minimum absolute atomic E-state index is 0.0365. The largest absolute Gasteiger partial charge is 0.334 e. The first-order valence-electron chi connectivity index (χ1n) is 4.10. The molecule has 2 N–H and O–H groups in total. The molecule has 1 heterocycles. The smallest absolute Gasteiger partial charge is 0.323 e. The molecule has 0 amide bonds. The lowest BCUT2D eigenvalue weighted by Gasteiger charge is -2.08. The first-order valence-corrected chi connectivity index (χ1v) is 4.10. The van der Waals surface area contributed by atoms with Crippen molar-refractivity contribution in [1.82, 2.24) is 10.3 Å². The molecule has 1 aromatic rings. The van der Waals surface area contributed by atoms with Crippen molar-refractivity contribution < 1.29 is 4.92 Å². The average molecular weight is 197 g/mol. The summed E-state index contributed by atoms with van der Waals surface area (Å²) in [4.78, 5) is 23.1. The lowest BCUT2D eigenvalue weighted by Crippen LogP contribution is -2.17. The highest BCUT2D eigenvalue weighted by Gasteiger charge is 2.14. The molecule has 14 heavy (non-hydrogen) atoms. The zero-order valence-corrected chi connectivity index (χ0v) is 7.90. The van der Waals surface area contributed by atoms with Crippen LogP contribution in [-0.2, 0) is 0 Å². The van der Waals surface area contributed by atoms with E-state index in [9.17, 15) is 14.9 Å². The number of hydrogen-bond acceptors (Lipinski definition) is 4. The molecule has 0 aliphatic rings. The van der Waals surface area contributed by atoms with Gasteiger partial charge in [0.2, 0.25) is 0 Å². The van der Waals surface area contributed by atoms with Crippen LogP contribution in [0.5, 0.6) is 0 Å². The molecule has 6 nitrogen and oxygen atoms in total. The Labute approximate surface area is 80.1 Å². The molecule has 0 saturated heterocycles. The predicted octanol–water partition coefficient (Wildman–Crippen LogP) is 0.564. The summed E-state index contributed by atoms with van der Waals surface area (Å²) in [6.45, 7) is 1.84. The third kappa shape index (κ3) is 1.97. The first kappa shape index (κ1) is 10.4. The molecule has 1 rings (SSSR count). The lowest BCUT2D eigenvalue weighted by molar-refractivity contribution is -0.386. The molecular weight excluding hydrogens is 186 g/mol. The Morgan fingerprint density at radius 2 is 2.29 bits per heavy atom. The van der Waals surface area contributed by atoms with E-state index in [0.29, 0.717) is 5.56 Å². The van der Waals surface area contributed by atoms with Gasteiger partial charge in [0.05, 0.1) is 4.92 Å². The molecule has 0 aliphatic heterocycles. The normalized spacial score (nSPS) is 12.4. The average Bonchev–Trinajstić information content (AvgIpc) is 2.17. The maximum Gasteiger partial charge on any atom is 0.334 e. The predicted molar refractivity (Wildman–Crippen MR) is 51.2 cm³/mol. The highest BCUT2D eigenvalue weighted by atomic mass is 16.6. The summed E-state index contributed by atoms with van der Waals surface area (Å²) in [5, 5.41) is 13.4. The van der Waals surface area contributed by atoms with Gasteiger partial charge in [-0.05, 0) is 19.5 Å². The fourth-order valence-electron chi connectivity index (χ4n) is 1.04. The van der Waals surface area contributed by atoms with E-state index in [-0.39, 0.29) is 6.04 Å². The number of pyridine rings is 1. The summed E-state index contributed by atoms with van der Waals surface area (Å²) in [7, 11) is 1.74. The standard InChI is InChI=1S/C8H11N3O3/c1-5(9-2)6-3-7(11(13)14)8(12)10-4-6/h3-5,9H,1-2H3,(H,10,12)/t5-/m1/s1. The second-order valence-corrected chi connectivity index (χ2v) is 2.91. The van der Waals surface area contributed by atoms with Gasteiger partial charge < -0.3 is 10.3 Å². The second kappa shape index (κ2) is 4.01. The van der Waals surface area contributed by atoms with E-state index in [4.69, 9.17) is 0 Å². The Kier molecular flexibility index (Phi) is 2.98. The summed E-state index contributed by atoms with van der Waals surface area (Å²) in [5.41, 5.74) is -0.426. The summed E-state index contributed by atoms with van der Waals surface area (Å²) in [5.74, 6) is 0. The fraction of sp³-hybridized carbons (Fsp3) is 0.375. The SMILES string of the molecule is CN[C@H](C)c1c[nH]c(=O)c([N+](=O)[O-])c1. The number of nitrogens with one attached hydrogen (secondary N) is 2. The van der Waals surface area contributed by atoms with Crippen LogP contribution < -0.4 is 10.9 Å². The van der Waals surface area contributed by atoms with E-state index >= 15 is 0 Å². The summed E-state index contributed by atoms with van der Waals surface area (Å²) in [6.07, 6.45) is 1.47. The van der Waals surface area contributed by atoms with Crippen LogP contribution in [-0.4, -0.2) is 17.0 Å². The Morgan fingerprint density at radius 3 is 2.79 bits per heavy atom. The molecule has 0 aromatic carbocycles. The third-order valence-electron chi connectivity index (χ3n) is 2.04. The number of H-pyrrole nitrogens is 1. The molecule has 76 valence electrons. The Morgan fingerprint density at radius 1 is 1.64 bits per heavy atom.